The third-order valence-electron chi connectivity index (χ3n) is 2.82. The summed E-state index contributed by atoms with van der Waals surface area (Å²) in [5, 5.41) is 0. The summed E-state index contributed by atoms with van der Waals surface area (Å²) >= 11 is 0. The van der Waals surface area contributed by atoms with Gasteiger partial charge in [0.15, 0.2) is 0 Å². The van der Waals surface area contributed by atoms with Crippen LogP contribution in [0.4, 0.5) is 23.2 Å². The Morgan fingerprint density at radius 3 is 2.45 bits per heavy atom. The highest BCUT2D eigenvalue weighted by Crippen LogP contribution is 2.28. The Hall–Kier alpha value is -1.30. The van der Waals surface area contributed by atoms with Gasteiger partial charge in [0.2, 0.25) is 0 Å². The smallest absolute Gasteiger partial charge is 0.362 e. The van der Waals surface area contributed by atoms with Crippen LogP contribution >= 0.6 is 0 Å². The minimum Gasteiger partial charge on any atom is -0.362 e. The molecule has 20 heavy (non-hydrogen) atoms. The molecule has 0 bridgehead atoms. The molecule has 0 radical (unpaired) electrons. The average molecular weight is 292 g/mol. The van der Waals surface area contributed by atoms with Crippen molar-refractivity contribution in [3.05, 3.63) is 29.6 Å². The molecule has 0 aliphatic rings. The van der Waals surface area contributed by atoms with Crippen LogP contribution in [0.5, 0.6) is 0 Å². The molecule has 0 fully saturated rings. The second kappa shape index (κ2) is 6.92. The van der Waals surface area contributed by atoms with Crippen molar-refractivity contribution in [3.63, 3.8) is 0 Å². The van der Waals surface area contributed by atoms with E-state index in [-0.39, 0.29) is 30.3 Å². The fourth-order valence-electron chi connectivity index (χ4n) is 2.14. The van der Waals surface area contributed by atoms with Gasteiger partial charge in [0.1, 0.15) is 12.4 Å². The molecule has 0 saturated heterocycles. The summed E-state index contributed by atoms with van der Waals surface area (Å²) in [6.07, 6.45) is -3.57. The first-order valence-electron chi connectivity index (χ1n) is 6.59. The minimum atomic E-state index is -4.33. The number of hydrogen-bond donors (Lipinski definition) is 1. The van der Waals surface area contributed by atoms with Gasteiger partial charge in [-0.2, -0.15) is 13.2 Å². The number of nitrogens with two attached hydrogens (primary N) is 1. The first-order valence-corrected chi connectivity index (χ1v) is 6.59. The van der Waals surface area contributed by atoms with E-state index in [0.29, 0.717) is 6.42 Å². The fraction of sp³-hybridized carbons (Fsp3) is 0.571. The monoisotopic (exact) mass is 292 g/mol. The van der Waals surface area contributed by atoms with Gasteiger partial charge in [0.05, 0.1) is 0 Å². The Morgan fingerprint density at radius 1 is 1.30 bits per heavy atom. The van der Waals surface area contributed by atoms with E-state index in [9.17, 15) is 17.6 Å². The molecular formula is C14H20F4N2. The topological polar surface area (TPSA) is 29.3 Å². The first-order chi connectivity index (χ1) is 9.24. The van der Waals surface area contributed by atoms with Crippen LogP contribution in [0, 0.1) is 5.82 Å². The molecule has 0 aromatic heterocycles. The van der Waals surface area contributed by atoms with E-state index in [2.05, 4.69) is 0 Å². The van der Waals surface area contributed by atoms with Gasteiger partial charge in [0, 0.05) is 23.8 Å². The van der Waals surface area contributed by atoms with Crippen molar-refractivity contribution in [2.24, 2.45) is 5.73 Å². The molecule has 1 rings (SSSR count). The van der Waals surface area contributed by atoms with E-state index in [1.54, 1.807) is 13.8 Å². The third kappa shape index (κ3) is 5.00. The molecular weight excluding hydrogens is 272 g/mol. The van der Waals surface area contributed by atoms with Crippen LogP contribution in [-0.4, -0.2) is 25.3 Å². The molecule has 0 aliphatic heterocycles. The van der Waals surface area contributed by atoms with Crippen molar-refractivity contribution in [1.29, 1.82) is 0 Å². The lowest BCUT2D eigenvalue weighted by Crippen LogP contribution is -2.36. The van der Waals surface area contributed by atoms with Crippen molar-refractivity contribution in [3.8, 4) is 0 Å². The van der Waals surface area contributed by atoms with Crippen molar-refractivity contribution in [1.82, 2.24) is 0 Å². The van der Waals surface area contributed by atoms with E-state index < -0.39 is 18.5 Å². The van der Waals surface area contributed by atoms with Crippen LogP contribution in [0.1, 0.15) is 25.8 Å². The highest BCUT2D eigenvalue weighted by molar-refractivity contribution is 5.54. The van der Waals surface area contributed by atoms with E-state index in [4.69, 9.17) is 5.73 Å². The predicted molar refractivity (Wildman–Crippen MR) is 72.3 cm³/mol. The summed E-state index contributed by atoms with van der Waals surface area (Å²) in [6.45, 7) is 2.61. The number of rotatable bonds is 6. The van der Waals surface area contributed by atoms with Gasteiger partial charge in [-0.3, -0.25) is 0 Å². The lowest BCUT2D eigenvalue weighted by atomic mass is 10.0. The molecule has 1 aromatic carbocycles. The van der Waals surface area contributed by atoms with Crippen molar-refractivity contribution >= 4 is 5.69 Å². The van der Waals surface area contributed by atoms with Crippen LogP contribution in [0.15, 0.2) is 18.2 Å². The second-order valence-corrected chi connectivity index (χ2v) is 4.96. The SMILES string of the molecule is CCCN(CC(F)(F)F)c1cccc(F)c1CC(C)N. The maximum absolute atomic E-state index is 13.9. The van der Waals surface area contributed by atoms with Gasteiger partial charge in [-0.1, -0.05) is 13.0 Å². The van der Waals surface area contributed by atoms with Crippen LogP contribution in [-0.2, 0) is 6.42 Å². The van der Waals surface area contributed by atoms with Crippen LogP contribution in [0.3, 0.4) is 0 Å². The molecule has 1 unspecified atom stereocenters. The van der Waals surface area contributed by atoms with Crippen LogP contribution < -0.4 is 10.6 Å². The first kappa shape index (κ1) is 16.8. The maximum Gasteiger partial charge on any atom is 0.405 e. The molecule has 2 N–H and O–H groups in total. The summed E-state index contributed by atoms with van der Waals surface area (Å²) in [4.78, 5) is 1.17. The van der Waals surface area contributed by atoms with E-state index in [1.807, 2.05) is 0 Å². The summed E-state index contributed by atoms with van der Waals surface area (Å²) in [6, 6.07) is 3.87. The maximum atomic E-state index is 13.9. The quantitative estimate of drug-likeness (QED) is 0.813. The number of benzene rings is 1. The van der Waals surface area contributed by atoms with Crippen LogP contribution in [0.2, 0.25) is 0 Å². The number of nitrogens with zero attached hydrogens (tertiary/aromatic N) is 1. The Balaban J connectivity index is 3.15. The van der Waals surface area contributed by atoms with E-state index >= 15 is 0 Å². The average Bonchev–Trinajstić information content (AvgIpc) is 2.29. The Bertz CT molecular complexity index is 430. The van der Waals surface area contributed by atoms with E-state index in [0.717, 1.165) is 0 Å². The standard InChI is InChI=1S/C14H20F4N2/c1-3-7-20(9-14(16,17)18)13-6-4-5-12(15)11(13)8-10(2)19/h4-6,10H,3,7-9,19H2,1-2H3. The molecule has 1 aromatic rings. The Labute approximate surface area is 116 Å². The third-order valence-corrected chi connectivity index (χ3v) is 2.82. The largest absolute Gasteiger partial charge is 0.405 e. The highest BCUT2D eigenvalue weighted by atomic mass is 19.4. The number of alkyl halides is 3. The van der Waals surface area contributed by atoms with Gasteiger partial charge in [0.25, 0.3) is 0 Å². The predicted octanol–water partition coefficient (Wildman–Crippen LogP) is 3.49. The van der Waals surface area contributed by atoms with Crippen molar-refractivity contribution < 1.29 is 17.6 Å². The normalized spacial score (nSPS) is 13.3. The van der Waals surface area contributed by atoms with Crippen LogP contribution in [0.25, 0.3) is 0 Å². The van der Waals surface area contributed by atoms with E-state index in [1.165, 1.54) is 23.1 Å². The number of anilines is 1. The van der Waals surface area contributed by atoms with Crippen molar-refractivity contribution in [2.75, 3.05) is 18.0 Å². The Morgan fingerprint density at radius 2 is 1.95 bits per heavy atom. The molecule has 0 aliphatic carbocycles. The summed E-state index contributed by atoms with van der Waals surface area (Å²) in [5.41, 5.74) is 6.19. The zero-order chi connectivity index (χ0) is 15.3. The Kier molecular flexibility index (Phi) is 5.80. The number of halogens is 4. The molecule has 0 spiro atoms. The molecule has 114 valence electrons. The van der Waals surface area contributed by atoms with Gasteiger partial charge >= 0.3 is 6.18 Å². The van der Waals surface area contributed by atoms with Gasteiger partial charge in [-0.25, -0.2) is 4.39 Å². The molecule has 1 atom stereocenters. The lowest BCUT2D eigenvalue weighted by molar-refractivity contribution is -0.119. The molecule has 2 nitrogen and oxygen atoms in total. The van der Waals surface area contributed by atoms with Crippen molar-refractivity contribution in [2.45, 2.75) is 38.9 Å². The summed E-state index contributed by atoms with van der Waals surface area (Å²) in [7, 11) is 0. The summed E-state index contributed by atoms with van der Waals surface area (Å²) < 4.78 is 51.8. The highest BCUT2D eigenvalue weighted by Gasteiger charge is 2.31. The van der Waals surface area contributed by atoms with Gasteiger partial charge < -0.3 is 10.6 Å². The molecule has 0 heterocycles. The molecule has 0 amide bonds. The lowest BCUT2D eigenvalue weighted by Gasteiger charge is -2.28. The van der Waals surface area contributed by atoms with Gasteiger partial charge in [-0.05, 0) is 31.9 Å². The number of hydrogen-bond acceptors (Lipinski definition) is 2. The minimum absolute atomic E-state index is 0.208. The molecule has 6 heteroatoms. The fourth-order valence-corrected chi connectivity index (χ4v) is 2.14. The van der Waals surface area contributed by atoms with Gasteiger partial charge in [-0.15, -0.1) is 0 Å². The zero-order valence-corrected chi connectivity index (χ0v) is 11.7. The second-order valence-electron chi connectivity index (χ2n) is 4.96. The molecule has 0 saturated carbocycles. The zero-order valence-electron chi connectivity index (χ0n) is 11.7. The summed E-state index contributed by atoms with van der Waals surface area (Å²) in [5.74, 6) is -0.511.